The van der Waals surface area contributed by atoms with E-state index in [-0.39, 0.29) is 21.5 Å². The number of amides is 1. The van der Waals surface area contributed by atoms with E-state index in [1.165, 1.54) is 42.5 Å². The van der Waals surface area contributed by atoms with Gasteiger partial charge in [0.05, 0.1) is 21.5 Å². The Bertz CT molecular complexity index is 1250. The molecule has 0 bridgehead atoms. The molecule has 1 N–H and O–H groups in total. The lowest BCUT2D eigenvalue weighted by atomic mass is 10.2. The third-order valence-electron chi connectivity index (χ3n) is 4.34. The number of nitrogens with one attached hydrogen (secondary N) is 1. The van der Waals surface area contributed by atoms with Gasteiger partial charge in [0.2, 0.25) is 15.9 Å². The number of nitrogens with zero attached hydrogens (tertiary/aromatic N) is 1. The van der Waals surface area contributed by atoms with Gasteiger partial charge < -0.3 is 5.32 Å². The van der Waals surface area contributed by atoms with Crippen LogP contribution in [0.5, 0.6) is 0 Å². The summed E-state index contributed by atoms with van der Waals surface area (Å²) in [6.45, 7) is -0.639. The molecule has 0 fully saturated rings. The maximum absolute atomic E-state index is 13.3. The van der Waals surface area contributed by atoms with Gasteiger partial charge in [-0.25, -0.2) is 8.42 Å². The molecule has 11 heteroatoms. The first kappa shape index (κ1) is 25.1. The van der Waals surface area contributed by atoms with Crippen LogP contribution >= 0.6 is 58.0 Å². The number of rotatable bonds is 7. The summed E-state index contributed by atoms with van der Waals surface area (Å²) < 4.78 is 27.6. The zero-order valence-electron chi connectivity index (χ0n) is 16.2. The third-order valence-corrected chi connectivity index (χ3v) is 7.72. The number of sulfonamides is 1. The smallest absolute Gasteiger partial charge is 0.243 e. The fourth-order valence-electron chi connectivity index (χ4n) is 2.76. The zero-order chi connectivity index (χ0) is 23.5. The molecular weight excluding hydrogens is 538 g/mol. The minimum Gasteiger partial charge on any atom is -0.325 e. The van der Waals surface area contributed by atoms with Gasteiger partial charge in [0, 0.05) is 27.3 Å². The van der Waals surface area contributed by atoms with Crippen LogP contribution in [-0.4, -0.2) is 25.2 Å². The summed E-state index contributed by atoms with van der Waals surface area (Å²) in [7, 11) is -4.07. The van der Waals surface area contributed by atoms with Crippen molar-refractivity contribution < 1.29 is 13.2 Å². The molecule has 3 rings (SSSR count). The number of hydrogen-bond acceptors (Lipinski definition) is 3. The summed E-state index contributed by atoms with van der Waals surface area (Å²) in [4.78, 5) is 12.7. The minimum atomic E-state index is -4.07. The average molecular weight is 553 g/mol. The van der Waals surface area contributed by atoms with E-state index in [0.29, 0.717) is 26.3 Å². The van der Waals surface area contributed by atoms with Crippen molar-refractivity contribution in [2.24, 2.45) is 0 Å². The largest absolute Gasteiger partial charge is 0.325 e. The van der Waals surface area contributed by atoms with Crippen LogP contribution in [0.1, 0.15) is 5.56 Å². The Labute approximate surface area is 210 Å². The number of halogens is 5. The molecule has 168 valence electrons. The van der Waals surface area contributed by atoms with Crippen LogP contribution in [0.3, 0.4) is 0 Å². The Morgan fingerprint density at radius 3 is 2.06 bits per heavy atom. The highest BCUT2D eigenvalue weighted by molar-refractivity contribution is 7.89. The van der Waals surface area contributed by atoms with Crippen molar-refractivity contribution in [2.75, 3.05) is 11.9 Å². The maximum atomic E-state index is 13.3. The second kappa shape index (κ2) is 10.6. The van der Waals surface area contributed by atoms with E-state index in [4.69, 9.17) is 58.0 Å². The molecule has 0 aliphatic carbocycles. The predicted molar refractivity (Wildman–Crippen MR) is 131 cm³/mol. The van der Waals surface area contributed by atoms with Crippen molar-refractivity contribution in [1.29, 1.82) is 0 Å². The standard InChI is InChI=1S/C21H15Cl5N2O3S/c22-14-3-6-17(7-4-14)32(30,31)28(11-13-1-2-15(23)9-19(13)25)12-21(29)27-16-5-8-18(24)20(26)10-16/h1-10H,11-12H2,(H,27,29). The summed E-state index contributed by atoms with van der Waals surface area (Å²) in [5.74, 6) is -0.578. The highest BCUT2D eigenvalue weighted by Gasteiger charge is 2.28. The van der Waals surface area contributed by atoms with E-state index in [1.54, 1.807) is 18.2 Å². The molecule has 5 nitrogen and oxygen atoms in total. The second-order valence-electron chi connectivity index (χ2n) is 6.64. The normalized spacial score (nSPS) is 11.6. The molecule has 1 amide bonds. The van der Waals surface area contributed by atoms with Crippen molar-refractivity contribution >= 4 is 79.6 Å². The van der Waals surface area contributed by atoms with E-state index < -0.39 is 22.5 Å². The summed E-state index contributed by atoms with van der Waals surface area (Å²) in [5.41, 5.74) is 0.855. The van der Waals surface area contributed by atoms with Crippen LogP contribution in [0.2, 0.25) is 25.1 Å². The zero-order valence-corrected chi connectivity index (χ0v) is 20.8. The number of carbonyl (C=O) groups excluding carboxylic acids is 1. The monoisotopic (exact) mass is 550 g/mol. The van der Waals surface area contributed by atoms with Gasteiger partial charge in [-0.1, -0.05) is 64.1 Å². The summed E-state index contributed by atoms with van der Waals surface area (Å²) in [6.07, 6.45) is 0. The molecule has 3 aromatic carbocycles. The van der Waals surface area contributed by atoms with Crippen LogP contribution in [0.25, 0.3) is 0 Å². The second-order valence-corrected chi connectivity index (χ2v) is 10.7. The maximum Gasteiger partial charge on any atom is 0.243 e. The lowest BCUT2D eigenvalue weighted by molar-refractivity contribution is -0.116. The van der Waals surface area contributed by atoms with Gasteiger partial charge in [0.15, 0.2) is 0 Å². The van der Waals surface area contributed by atoms with Gasteiger partial charge in [0.1, 0.15) is 0 Å². The molecular formula is C21H15Cl5N2O3S. The minimum absolute atomic E-state index is 0.0191. The summed E-state index contributed by atoms with van der Waals surface area (Å²) in [6, 6.07) is 14.9. The van der Waals surface area contributed by atoms with Crippen LogP contribution in [0.4, 0.5) is 5.69 Å². The molecule has 0 radical (unpaired) electrons. The van der Waals surface area contributed by atoms with E-state index >= 15 is 0 Å². The first-order valence-corrected chi connectivity index (χ1v) is 12.3. The number of benzene rings is 3. The Morgan fingerprint density at radius 2 is 1.44 bits per heavy atom. The molecule has 0 atom stereocenters. The predicted octanol–water partition coefficient (Wildman–Crippen LogP) is 6.78. The highest BCUT2D eigenvalue weighted by atomic mass is 35.5. The molecule has 0 aromatic heterocycles. The molecule has 0 spiro atoms. The molecule has 0 saturated heterocycles. The molecule has 0 saturated carbocycles. The van der Waals surface area contributed by atoms with Crippen molar-refractivity contribution in [1.82, 2.24) is 4.31 Å². The lowest BCUT2D eigenvalue weighted by Crippen LogP contribution is -2.37. The van der Waals surface area contributed by atoms with E-state index in [9.17, 15) is 13.2 Å². The number of hydrogen-bond donors (Lipinski definition) is 1. The fraction of sp³-hybridized carbons (Fsp3) is 0.0952. The van der Waals surface area contributed by atoms with Crippen molar-refractivity contribution in [3.63, 3.8) is 0 Å². The van der Waals surface area contributed by atoms with Crippen molar-refractivity contribution in [2.45, 2.75) is 11.4 Å². The van der Waals surface area contributed by atoms with E-state index in [2.05, 4.69) is 5.32 Å². The average Bonchev–Trinajstić information content (AvgIpc) is 2.72. The molecule has 3 aromatic rings. The Hall–Kier alpha value is -1.51. The fourth-order valence-corrected chi connectivity index (χ4v) is 5.02. The van der Waals surface area contributed by atoms with Gasteiger partial charge in [-0.3, -0.25) is 4.79 Å². The Balaban J connectivity index is 1.91. The first-order valence-electron chi connectivity index (χ1n) is 9.01. The van der Waals surface area contributed by atoms with Gasteiger partial charge >= 0.3 is 0 Å². The highest BCUT2D eigenvalue weighted by Crippen LogP contribution is 2.27. The summed E-state index contributed by atoms with van der Waals surface area (Å²) in [5, 5.41) is 4.27. The van der Waals surface area contributed by atoms with Gasteiger partial charge in [0.25, 0.3) is 0 Å². The summed E-state index contributed by atoms with van der Waals surface area (Å²) >= 11 is 29.9. The lowest BCUT2D eigenvalue weighted by Gasteiger charge is -2.22. The molecule has 0 heterocycles. The van der Waals surface area contributed by atoms with Crippen LogP contribution < -0.4 is 5.32 Å². The quantitative estimate of drug-likeness (QED) is 0.351. The van der Waals surface area contributed by atoms with Crippen LogP contribution in [0, 0.1) is 0 Å². The first-order chi connectivity index (χ1) is 15.1. The third kappa shape index (κ3) is 6.29. The Kier molecular flexibility index (Phi) is 8.33. The van der Waals surface area contributed by atoms with Crippen molar-refractivity contribution in [3.05, 3.63) is 91.3 Å². The van der Waals surface area contributed by atoms with Crippen LogP contribution in [0.15, 0.2) is 65.6 Å². The molecule has 0 aliphatic heterocycles. The topological polar surface area (TPSA) is 66.5 Å². The van der Waals surface area contributed by atoms with E-state index in [0.717, 1.165) is 4.31 Å². The molecule has 32 heavy (non-hydrogen) atoms. The van der Waals surface area contributed by atoms with Crippen LogP contribution in [-0.2, 0) is 21.4 Å². The number of carbonyl (C=O) groups is 1. The van der Waals surface area contributed by atoms with E-state index in [1.807, 2.05) is 0 Å². The van der Waals surface area contributed by atoms with Crippen molar-refractivity contribution in [3.8, 4) is 0 Å². The molecule has 0 aliphatic rings. The van der Waals surface area contributed by atoms with Gasteiger partial charge in [-0.05, 0) is 60.2 Å². The van der Waals surface area contributed by atoms with Gasteiger partial charge in [-0.2, -0.15) is 4.31 Å². The number of anilines is 1. The Morgan fingerprint density at radius 1 is 0.781 bits per heavy atom. The van der Waals surface area contributed by atoms with Gasteiger partial charge in [-0.15, -0.1) is 0 Å². The molecule has 0 unspecified atom stereocenters. The SMILES string of the molecule is O=C(CN(Cc1ccc(Cl)cc1Cl)S(=O)(=O)c1ccc(Cl)cc1)Nc1ccc(Cl)c(Cl)c1.